The molecule has 0 fully saturated rings. The Hall–Kier alpha value is -5.24. The van der Waals surface area contributed by atoms with Crippen molar-refractivity contribution in [3.63, 3.8) is 0 Å². The van der Waals surface area contributed by atoms with E-state index >= 15 is 0 Å². The Labute approximate surface area is 246 Å². The Morgan fingerprint density at radius 3 is 1.69 bits per heavy atom. The van der Waals surface area contributed by atoms with Gasteiger partial charge in [0.05, 0.1) is 25.6 Å². The minimum absolute atomic E-state index is 0.129. The van der Waals surface area contributed by atoms with Crippen LogP contribution >= 0.6 is 0 Å². The van der Waals surface area contributed by atoms with Crippen molar-refractivity contribution in [3.8, 4) is 51.2 Å². The molecule has 4 aromatic carbocycles. The topological polar surface area (TPSA) is 80.1 Å². The van der Waals surface area contributed by atoms with E-state index in [2.05, 4.69) is 0 Å². The van der Waals surface area contributed by atoms with Crippen LogP contribution in [-0.2, 0) is 0 Å². The molecule has 8 nitrogen and oxygen atoms in total. The zero-order chi connectivity index (χ0) is 30.0. The van der Waals surface area contributed by atoms with Crippen molar-refractivity contribution in [1.29, 1.82) is 0 Å². The summed E-state index contributed by atoms with van der Waals surface area (Å²) in [6, 6.07) is 28.5. The minimum Gasteiger partial charge on any atom is -0.502 e. The molecule has 0 unspecified atom stereocenters. The van der Waals surface area contributed by atoms with Gasteiger partial charge in [0.2, 0.25) is 5.75 Å². The maximum atomic E-state index is 14.4. The molecule has 0 atom stereocenters. The van der Waals surface area contributed by atoms with Gasteiger partial charge in [0.1, 0.15) is 5.82 Å². The van der Waals surface area contributed by atoms with Crippen molar-refractivity contribution in [2.24, 2.45) is 0 Å². The molecule has 1 heterocycles. The van der Waals surface area contributed by atoms with Gasteiger partial charge in [-0.3, -0.25) is 9.36 Å². The van der Waals surface area contributed by atoms with Crippen LogP contribution in [0.1, 0.15) is 10.4 Å². The molecule has 214 valence electrons. The van der Waals surface area contributed by atoms with Crippen LogP contribution in [0.3, 0.4) is 0 Å². The molecule has 0 aliphatic rings. The number of nitrogens with zero attached hydrogens (tertiary/aromatic N) is 4. The monoisotopic (exact) mass is 562 g/mol. The summed E-state index contributed by atoms with van der Waals surface area (Å²) in [6.07, 6.45) is 0. The van der Waals surface area contributed by atoms with Crippen molar-refractivity contribution in [1.82, 2.24) is 9.55 Å². The maximum Gasteiger partial charge on any atom is 0.264 e. The molecular formula is C34H34N4O4. The number of phenolic OH excluding ortho intramolecular Hbond substituents is 1. The van der Waals surface area contributed by atoms with Gasteiger partial charge >= 0.3 is 0 Å². The lowest BCUT2D eigenvalue weighted by Crippen LogP contribution is -2.15. The highest BCUT2D eigenvalue weighted by Crippen LogP contribution is 2.43. The molecule has 0 amide bonds. The summed E-state index contributed by atoms with van der Waals surface area (Å²) < 4.78 is 12.5. The van der Waals surface area contributed by atoms with Gasteiger partial charge in [0, 0.05) is 61.8 Å². The number of hydrogen-bond acceptors (Lipinski definition) is 7. The second-order valence-corrected chi connectivity index (χ2v) is 10.3. The quantitative estimate of drug-likeness (QED) is 0.234. The standard InChI is InChI=1S/C34H34N4O4/c1-36(2)26-16-12-22(13-17-26)30-31(23-14-18-27(19-15-23)37(3)4)38(34(40)24-10-8-7-9-11-24)33(35-30)25-20-28(41-5)32(39)29(21-25)42-6/h7-21,39H,1-6H3. The zero-order valence-electron chi connectivity index (χ0n) is 24.6. The summed E-state index contributed by atoms with van der Waals surface area (Å²) in [4.78, 5) is 23.5. The number of aromatic nitrogens is 2. The first kappa shape index (κ1) is 28.3. The third-order valence-electron chi connectivity index (χ3n) is 7.15. The Balaban J connectivity index is 1.86. The number of anilines is 2. The molecule has 0 saturated carbocycles. The average molecular weight is 563 g/mol. The molecule has 0 radical (unpaired) electrons. The van der Waals surface area contributed by atoms with Crippen LogP contribution in [0.25, 0.3) is 33.9 Å². The van der Waals surface area contributed by atoms with E-state index in [-0.39, 0.29) is 23.2 Å². The summed E-state index contributed by atoms with van der Waals surface area (Å²) in [5.41, 5.74) is 6.10. The largest absolute Gasteiger partial charge is 0.502 e. The fourth-order valence-corrected chi connectivity index (χ4v) is 4.85. The van der Waals surface area contributed by atoms with Crippen LogP contribution < -0.4 is 19.3 Å². The highest BCUT2D eigenvalue weighted by molar-refractivity contribution is 6.03. The molecule has 0 bridgehead atoms. The summed E-state index contributed by atoms with van der Waals surface area (Å²) in [5.74, 6) is 0.431. The van der Waals surface area contributed by atoms with Crippen molar-refractivity contribution in [3.05, 3.63) is 96.6 Å². The lowest BCUT2D eigenvalue weighted by atomic mass is 10.0. The van der Waals surface area contributed by atoms with Crippen molar-refractivity contribution in [2.45, 2.75) is 0 Å². The number of rotatable bonds is 8. The zero-order valence-corrected chi connectivity index (χ0v) is 24.6. The van der Waals surface area contributed by atoms with Crippen LogP contribution in [0, 0.1) is 0 Å². The summed E-state index contributed by atoms with van der Waals surface area (Å²) in [6.45, 7) is 0. The highest BCUT2D eigenvalue weighted by atomic mass is 16.5. The first-order valence-electron chi connectivity index (χ1n) is 13.5. The number of phenols is 1. The third kappa shape index (κ3) is 5.26. The SMILES string of the molecule is COc1cc(-c2nc(-c3ccc(N(C)C)cc3)c(-c3ccc(N(C)C)cc3)n2C(=O)c2ccccc2)cc(OC)c1O. The van der Waals surface area contributed by atoms with E-state index in [0.717, 1.165) is 22.5 Å². The second-order valence-electron chi connectivity index (χ2n) is 10.3. The highest BCUT2D eigenvalue weighted by Gasteiger charge is 2.27. The first-order chi connectivity index (χ1) is 20.2. The van der Waals surface area contributed by atoms with Gasteiger partial charge in [-0.1, -0.05) is 42.5 Å². The van der Waals surface area contributed by atoms with E-state index in [1.54, 1.807) is 28.8 Å². The van der Waals surface area contributed by atoms with E-state index in [4.69, 9.17) is 14.5 Å². The van der Waals surface area contributed by atoms with Crippen LogP contribution in [0.5, 0.6) is 17.2 Å². The van der Waals surface area contributed by atoms with Crippen LogP contribution in [0.2, 0.25) is 0 Å². The molecule has 1 N–H and O–H groups in total. The fraction of sp³-hybridized carbons (Fsp3) is 0.176. The van der Waals surface area contributed by atoms with Crippen molar-refractivity contribution >= 4 is 17.3 Å². The van der Waals surface area contributed by atoms with Crippen molar-refractivity contribution in [2.75, 3.05) is 52.2 Å². The normalized spacial score (nSPS) is 10.8. The molecule has 0 saturated heterocycles. The molecule has 5 rings (SSSR count). The molecule has 0 spiro atoms. The Kier molecular flexibility index (Phi) is 7.88. The maximum absolute atomic E-state index is 14.4. The Morgan fingerprint density at radius 2 is 1.21 bits per heavy atom. The van der Waals surface area contributed by atoms with Gasteiger partial charge in [-0.05, 0) is 48.5 Å². The van der Waals surface area contributed by atoms with E-state index in [1.807, 2.05) is 105 Å². The number of ether oxygens (including phenoxy) is 2. The molecule has 0 aliphatic carbocycles. The number of methoxy groups -OCH3 is 2. The fourth-order valence-electron chi connectivity index (χ4n) is 4.85. The Bertz CT molecular complexity index is 1680. The van der Waals surface area contributed by atoms with E-state index < -0.39 is 0 Å². The van der Waals surface area contributed by atoms with Gasteiger partial charge in [-0.2, -0.15) is 0 Å². The first-order valence-corrected chi connectivity index (χ1v) is 13.5. The summed E-state index contributed by atoms with van der Waals surface area (Å²) >= 11 is 0. The number of benzene rings is 4. The number of imidazole rings is 1. The summed E-state index contributed by atoms with van der Waals surface area (Å²) in [5, 5.41) is 10.6. The van der Waals surface area contributed by atoms with Gasteiger partial charge in [0.15, 0.2) is 11.5 Å². The molecule has 1 aromatic heterocycles. The van der Waals surface area contributed by atoms with Crippen LogP contribution in [-0.4, -0.2) is 63.0 Å². The molecule has 5 aromatic rings. The van der Waals surface area contributed by atoms with E-state index in [1.165, 1.54) is 14.2 Å². The second kappa shape index (κ2) is 11.7. The lowest BCUT2D eigenvalue weighted by molar-refractivity contribution is 0.0963. The van der Waals surface area contributed by atoms with Gasteiger partial charge in [-0.15, -0.1) is 0 Å². The summed E-state index contributed by atoms with van der Waals surface area (Å²) in [7, 11) is 10.9. The third-order valence-corrected chi connectivity index (χ3v) is 7.15. The number of carbonyl (C=O) groups is 1. The predicted octanol–water partition coefficient (Wildman–Crippen LogP) is 6.43. The van der Waals surface area contributed by atoms with Gasteiger partial charge in [-0.25, -0.2) is 4.98 Å². The smallest absolute Gasteiger partial charge is 0.264 e. The predicted molar refractivity (Wildman–Crippen MR) is 168 cm³/mol. The van der Waals surface area contributed by atoms with Crippen LogP contribution in [0.15, 0.2) is 91.0 Å². The van der Waals surface area contributed by atoms with E-state index in [9.17, 15) is 9.90 Å². The molecule has 0 aliphatic heterocycles. The van der Waals surface area contributed by atoms with Gasteiger partial charge in [0.25, 0.3) is 5.91 Å². The molecular weight excluding hydrogens is 528 g/mol. The van der Waals surface area contributed by atoms with E-state index in [0.29, 0.717) is 28.3 Å². The molecule has 42 heavy (non-hydrogen) atoms. The lowest BCUT2D eigenvalue weighted by Gasteiger charge is -2.16. The van der Waals surface area contributed by atoms with Gasteiger partial charge < -0.3 is 24.4 Å². The van der Waals surface area contributed by atoms with Crippen LogP contribution in [0.4, 0.5) is 11.4 Å². The number of aromatic hydroxyl groups is 1. The average Bonchev–Trinajstić information content (AvgIpc) is 3.42. The molecule has 8 heteroatoms. The Morgan fingerprint density at radius 1 is 0.714 bits per heavy atom. The van der Waals surface area contributed by atoms with Crippen molar-refractivity contribution < 1.29 is 19.4 Å². The number of carbonyl (C=O) groups excluding carboxylic acids is 1. The minimum atomic E-state index is -0.244. The number of hydrogen-bond donors (Lipinski definition) is 1.